The summed E-state index contributed by atoms with van der Waals surface area (Å²) >= 11 is 0. The van der Waals surface area contributed by atoms with E-state index in [0.29, 0.717) is 12.3 Å². The number of hydrogen-bond acceptors (Lipinski definition) is 4. The van der Waals surface area contributed by atoms with Crippen LogP contribution >= 0.6 is 0 Å². The molecular weight excluding hydrogens is 340 g/mol. The molecule has 1 saturated carbocycles. The van der Waals surface area contributed by atoms with Crippen LogP contribution in [-0.4, -0.2) is 36.0 Å². The summed E-state index contributed by atoms with van der Waals surface area (Å²) in [6.07, 6.45) is 4.43. The molecule has 5 heteroatoms. The quantitative estimate of drug-likeness (QED) is 0.647. The summed E-state index contributed by atoms with van der Waals surface area (Å²) in [5.41, 5.74) is 6.10. The first-order valence-electron chi connectivity index (χ1n) is 10.2. The van der Waals surface area contributed by atoms with Gasteiger partial charge in [0.2, 0.25) is 0 Å². The summed E-state index contributed by atoms with van der Waals surface area (Å²) < 4.78 is 5.33. The highest BCUT2D eigenvalue weighted by Crippen LogP contribution is 2.28. The maximum absolute atomic E-state index is 11.5. The Hall–Kier alpha value is -1.59. The molecule has 0 spiro atoms. The fourth-order valence-corrected chi connectivity index (χ4v) is 4.07. The van der Waals surface area contributed by atoms with Crippen molar-refractivity contribution >= 4 is 6.09 Å². The number of benzene rings is 1. The molecule has 0 heterocycles. The van der Waals surface area contributed by atoms with Crippen molar-refractivity contribution in [2.24, 2.45) is 17.1 Å². The molecule has 2 rings (SSSR count). The molecule has 1 aliphatic rings. The minimum atomic E-state index is -0.852. The lowest BCUT2D eigenvalue weighted by Crippen LogP contribution is -2.55. The Morgan fingerprint density at radius 3 is 2.41 bits per heavy atom. The van der Waals surface area contributed by atoms with Crippen LogP contribution in [-0.2, 0) is 11.2 Å². The predicted octanol–water partition coefficient (Wildman–Crippen LogP) is 3.64. The van der Waals surface area contributed by atoms with Crippen LogP contribution in [0.4, 0.5) is 4.79 Å². The molecule has 1 fully saturated rings. The van der Waals surface area contributed by atoms with Crippen molar-refractivity contribution in [3.63, 3.8) is 0 Å². The van der Waals surface area contributed by atoms with E-state index in [9.17, 15) is 9.90 Å². The summed E-state index contributed by atoms with van der Waals surface area (Å²) in [5.74, 6) is 0.653. The smallest absolute Gasteiger partial charge is 0.404 e. The Kier molecular flexibility index (Phi) is 8.11. The van der Waals surface area contributed by atoms with Gasteiger partial charge in [0.15, 0.2) is 0 Å². The second-order valence-corrected chi connectivity index (χ2v) is 8.91. The molecule has 1 unspecified atom stereocenters. The molecule has 0 bridgehead atoms. The lowest BCUT2D eigenvalue weighted by molar-refractivity contribution is -0.0361. The topological polar surface area (TPSA) is 84.6 Å². The summed E-state index contributed by atoms with van der Waals surface area (Å²) in [5, 5.41) is 14.7. The highest BCUT2D eigenvalue weighted by atomic mass is 16.6. The molecule has 27 heavy (non-hydrogen) atoms. The van der Waals surface area contributed by atoms with Crippen molar-refractivity contribution in [1.82, 2.24) is 5.32 Å². The minimum absolute atomic E-state index is 0.190. The molecular formula is C22H36N2O3. The van der Waals surface area contributed by atoms with Gasteiger partial charge in [0, 0.05) is 12.5 Å². The normalized spacial score (nSPS) is 19.3. The number of carbonyl (C=O) groups is 1. The van der Waals surface area contributed by atoms with Crippen molar-refractivity contribution in [3.05, 3.63) is 35.9 Å². The number of rotatable bonds is 8. The van der Waals surface area contributed by atoms with Crippen molar-refractivity contribution in [2.45, 2.75) is 77.5 Å². The van der Waals surface area contributed by atoms with E-state index in [0.717, 1.165) is 12.1 Å². The van der Waals surface area contributed by atoms with Gasteiger partial charge in [0.1, 0.15) is 12.2 Å². The van der Waals surface area contributed by atoms with Gasteiger partial charge in [-0.2, -0.15) is 0 Å². The summed E-state index contributed by atoms with van der Waals surface area (Å²) in [7, 11) is 0. The van der Waals surface area contributed by atoms with E-state index in [-0.39, 0.29) is 11.5 Å². The lowest BCUT2D eigenvalue weighted by Gasteiger charge is -2.39. The standard InChI is InChI=1S/C22H36N2O3/c1-22(2,3)20(24-15-17-12-8-5-9-13-17)19(25)18(27-21(23)26)14-16-10-6-4-7-11-16/h4,6-7,10-11,17-20,24-25H,5,8-9,12-15H2,1-3H3,(H2,23,26)/t18-,19+,20?/m0/s1. The average molecular weight is 377 g/mol. The number of nitrogens with one attached hydrogen (secondary N) is 1. The molecule has 5 nitrogen and oxygen atoms in total. The number of carbonyl (C=O) groups excluding carboxylic acids is 1. The second-order valence-electron chi connectivity index (χ2n) is 8.91. The molecule has 1 aromatic rings. The van der Waals surface area contributed by atoms with E-state index >= 15 is 0 Å². The van der Waals surface area contributed by atoms with Crippen LogP contribution < -0.4 is 11.1 Å². The zero-order chi connectivity index (χ0) is 19.9. The maximum Gasteiger partial charge on any atom is 0.404 e. The Labute approximate surface area is 163 Å². The monoisotopic (exact) mass is 376 g/mol. The number of primary amides is 1. The van der Waals surface area contributed by atoms with Crippen LogP contribution in [0.1, 0.15) is 58.4 Å². The summed E-state index contributed by atoms with van der Waals surface area (Å²) in [6, 6.07) is 9.54. The van der Waals surface area contributed by atoms with Gasteiger partial charge in [-0.1, -0.05) is 70.4 Å². The molecule has 4 N–H and O–H groups in total. The fourth-order valence-electron chi connectivity index (χ4n) is 4.07. The molecule has 1 aromatic carbocycles. The van der Waals surface area contributed by atoms with E-state index in [1.807, 2.05) is 30.3 Å². The maximum atomic E-state index is 11.5. The number of aliphatic hydroxyl groups is 1. The zero-order valence-electron chi connectivity index (χ0n) is 17.0. The van der Waals surface area contributed by atoms with E-state index in [1.54, 1.807) is 0 Å². The van der Waals surface area contributed by atoms with Gasteiger partial charge in [-0.05, 0) is 36.3 Å². The van der Waals surface area contributed by atoms with Gasteiger partial charge in [0.25, 0.3) is 0 Å². The second kappa shape index (κ2) is 10.1. The molecule has 0 aromatic heterocycles. The van der Waals surface area contributed by atoms with Gasteiger partial charge in [-0.15, -0.1) is 0 Å². The molecule has 152 valence electrons. The number of ether oxygens (including phenoxy) is 1. The Bertz CT molecular complexity index is 565. The van der Waals surface area contributed by atoms with Crippen molar-refractivity contribution < 1.29 is 14.6 Å². The number of nitrogens with two attached hydrogens (primary N) is 1. The Balaban J connectivity index is 2.10. The third kappa shape index (κ3) is 7.15. The Morgan fingerprint density at radius 1 is 1.22 bits per heavy atom. The van der Waals surface area contributed by atoms with Gasteiger partial charge >= 0.3 is 6.09 Å². The van der Waals surface area contributed by atoms with Crippen LogP contribution in [0.3, 0.4) is 0 Å². The lowest BCUT2D eigenvalue weighted by atomic mass is 9.80. The van der Waals surface area contributed by atoms with Gasteiger partial charge in [-0.3, -0.25) is 0 Å². The summed E-state index contributed by atoms with van der Waals surface area (Å²) in [4.78, 5) is 11.5. The molecule has 0 aliphatic heterocycles. The highest BCUT2D eigenvalue weighted by Gasteiger charge is 2.37. The third-order valence-corrected chi connectivity index (χ3v) is 5.55. The van der Waals surface area contributed by atoms with E-state index in [2.05, 4.69) is 26.1 Å². The van der Waals surface area contributed by atoms with Crippen LogP contribution in [0.15, 0.2) is 30.3 Å². The van der Waals surface area contributed by atoms with Gasteiger partial charge in [-0.25, -0.2) is 4.79 Å². The molecule has 0 radical (unpaired) electrons. The molecule has 1 amide bonds. The first-order chi connectivity index (χ1) is 12.8. The largest absolute Gasteiger partial charge is 0.443 e. The average Bonchev–Trinajstić information content (AvgIpc) is 2.61. The predicted molar refractivity (Wildman–Crippen MR) is 108 cm³/mol. The Morgan fingerprint density at radius 2 is 1.85 bits per heavy atom. The molecule has 1 aliphatic carbocycles. The fraction of sp³-hybridized carbons (Fsp3) is 0.682. The first-order valence-corrected chi connectivity index (χ1v) is 10.2. The van der Waals surface area contributed by atoms with Crippen molar-refractivity contribution in [1.29, 1.82) is 0 Å². The van der Waals surface area contributed by atoms with E-state index < -0.39 is 18.3 Å². The van der Waals surface area contributed by atoms with E-state index in [1.165, 1.54) is 32.1 Å². The molecule has 3 atom stereocenters. The number of amides is 1. The van der Waals surface area contributed by atoms with Crippen LogP contribution in [0.5, 0.6) is 0 Å². The summed E-state index contributed by atoms with van der Waals surface area (Å²) in [6.45, 7) is 7.17. The van der Waals surface area contributed by atoms with Crippen molar-refractivity contribution in [2.75, 3.05) is 6.54 Å². The van der Waals surface area contributed by atoms with Crippen molar-refractivity contribution in [3.8, 4) is 0 Å². The minimum Gasteiger partial charge on any atom is -0.443 e. The zero-order valence-corrected chi connectivity index (χ0v) is 17.0. The highest BCUT2D eigenvalue weighted by molar-refractivity contribution is 5.64. The van der Waals surface area contributed by atoms with E-state index in [4.69, 9.17) is 10.5 Å². The van der Waals surface area contributed by atoms with Crippen LogP contribution in [0, 0.1) is 11.3 Å². The third-order valence-electron chi connectivity index (χ3n) is 5.55. The van der Waals surface area contributed by atoms with Crippen LogP contribution in [0.25, 0.3) is 0 Å². The SMILES string of the molecule is CC(C)(C)C(NCC1CCCCC1)[C@H](O)[C@H](Cc1ccccc1)OC(N)=O. The van der Waals surface area contributed by atoms with Crippen LogP contribution in [0.2, 0.25) is 0 Å². The van der Waals surface area contributed by atoms with Gasteiger partial charge in [0.05, 0.1) is 0 Å². The first kappa shape index (κ1) is 21.7. The number of aliphatic hydroxyl groups excluding tert-OH is 1. The molecule has 0 saturated heterocycles. The number of hydrogen-bond donors (Lipinski definition) is 3. The van der Waals surface area contributed by atoms with Gasteiger partial charge < -0.3 is 20.9 Å².